The molecule has 0 radical (unpaired) electrons. The quantitative estimate of drug-likeness (QED) is 0.687. The van der Waals surface area contributed by atoms with Crippen LogP contribution in [0.2, 0.25) is 0 Å². The van der Waals surface area contributed by atoms with Crippen LogP contribution in [0.15, 0.2) is 0 Å². The van der Waals surface area contributed by atoms with Crippen molar-refractivity contribution in [1.29, 1.82) is 0 Å². The van der Waals surface area contributed by atoms with Crippen molar-refractivity contribution in [3.8, 4) is 0 Å². The first-order chi connectivity index (χ1) is 7.22. The molecule has 84 valence electrons. The van der Waals surface area contributed by atoms with Crippen LogP contribution >= 0.6 is 15.9 Å². The van der Waals surface area contributed by atoms with Crippen molar-refractivity contribution in [2.45, 2.75) is 12.8 Å². The van der Waals surface area contributed by atoms with Crippen LogP contribution in [0.25, 0.3) is 0 Å². The van der Waals surface area contributed by atoms with E-state index >= 15 is 0 Å². The Morgan fingerprint density at radius 2 is 1.60 bits per heavy atom. The number of hydrogen-bond donors (Lipinski definition) is 0. The molecule has 1 aliphatic heterocycles. The molecular formula is C10H15BrN2O2. The predicted octanol–water partition coefficient (Wildman–Crippen LogP) is 0.462. The maximum absolute atomic E-state index is 11.7. The zero-order valence-corrected chi connectivity index (χ0v) is 10.2. The van der Waals surface area contributed by atoms with Crippen LogP contribution in [0.1, 0.15) is 12.8 Å². The summed E-state index contributed by atoms with van der Waals surface area (Å²) >= 11 is 3.16. The minimum Gasteiger partial charge on any atom is -0.339 e. The number of rotatable bonds is 2. The second-order valence-corrected chi connectivity index (χ2v) is 4.67. The molecule has 0 unspecified atom stereocenters. The third-order valence-electron chi connectivity index (χ3n) is 2.98. The van der Waals surface area contributed by atoms with Crippen molar-refractivity contribution >= 4 is 27.7 Å². The summed E-state index contributed by atoms with van der Waals surface area (Å²) in [6.45, 7) is 2.77. The lowest BCUT2D eigenvalue weighted by Crippen LogP contribution is -2.51. The molecule has 2 aliphatic rings. The molecular weight excluding hydrogens is 260 g/mol. The van der Waals surface area contributed by atoms with Crippen LogP contribution < -0.4 is 0 Å². The summed E-state index contributed by atoms with van der Waals surface area (Å²) in [5.74, 6) is 0.706. The monoisotopic (exact) mass is 274 g/mol. The predicted molar refractivity (Wildman–Crippen MR) is 59.7 cm³/mol. The molecule has 0 atom stereocenters. The minimum atomic E-state index is 0.119. The van der Waals surface area contributed by atoms with Gasteiger partial charge in [-0.25, -0.2) is 0 Å². The molecule has 5 heteroatoms. The maximum Gasteiger partial charge on any atom is 0.233 e. The molecule has 0 aromatic rings. The molecule has 0 spiro atoms. The Balaban J connectivity index is 1.81. The number of alkyl halides is 1. The number of nitrogens with zero attached hydrogens (tertiary/aromatic N) is 2. The van der Waals surface area contributed by atoms with Crippen LogP contribution in [-0.2, 0) is 9.59 Å². The molecule has 1 aliphatic carbocycles. The SMILES string of the molecule is O=C(CBr)N1CCN(C(=O)C2CC2)CC1. The second kappa shape index (κ2) is 4.51. The van der Waals surface area contributed by atoms with Gasteiger partial charge in [-0.2, -0.15) is 0 Å². The summed E-state index contributed by atoms with van der Waals surface area (Å²) in [4.78, 5) is 26.8. The number of carbonyl (C=O) groups is 2. The third kappa shape index (κ3) is 2.51. The Morgan fingerprint density at radius 1 is 1.07 bits per heavy atom. The van der Waals surface area contributed by atoms with Crippen LogP contribution in [0.3, 0.4) is 0 Å². The van der Waals surface area contributed by atoms with E-state index in [4.69, 9.17) is 0 Å². The van der Waals surface area contributed by atoms with Gasteiger partial charge in [-0.15, -0.1) is 0 Å². The summed E-state index contributed by atoms with van der Waals surface area (Å²) in [6, 6.07) is 0. The normalized spacial score (nSPS) is 21.7. The fourth-order valence-electron chi connectivity index (χ4n) is 1.85. The van der Waals surface area contributed by atoms with Gasteiger partial charge in [0.2, 0.25) is 11.8 Å². The van der Waals surface area contributed by atoms with E-state index in [2.05, 4.69) is 15.9 Å². The topological polar surface area (TPSA) is 40.6 Å². The summed E-state index contributed by atoms with van der Waals surface area (Å²) in [5, 5.41) is 0.379. The first-order valence-corrected chi connectivity index (χ1v) is 6.47. The van der Waals surface area contributed by atoms with Gasteiger partial charge in [0.15, 0.2) is 0 Å². The van der Waals surface area contributed by atoms with Crippen molar-refractivity contribution in [3.05, 3.63) is 0 Å². The zero-order valence-electron chi connectivity index (χ0n) is 8.62. The first-order valence-electron chi connectivity index (χ1n) is 5.35. The Bertz CT molecular complexity index is 271. The highest BCUT2D eigenvalue weighted by Crippen LogP contribution is 2.31. The molecule has 1 saturated heterocycles. The van der Waals surface area contributed by atoms with Crippen molar-refractivity contribution in [2.24, 2.45) is 5.92 Å². The van der Waals surface area contributed by atoms with E-state index in [-0.39, 0.29) is 5.91 Å². The van der Waals surface area contributed by atoms with E-state index in [1.54, 1.807) is 0 Å². The third-order valence-corrected chi connectivity index (χ3v) is 3.46. The molecule has 1 saturated carbocycles. The fraction of sp³-hybridized carbons (Fsp3) is 0.800. The largest absolute Gasteiger partial charge is 0.339 e. The van der Waals surface area contributed by atoms with Gasteiger partial charge in [0.05, 0.1) is 5.33 Å². The maximum atomic E-state index is 11.7. The molecule has 0 N–H and O–H groups in total. The smallest absolute Gasteiger partial charge is 0.233 e. The van der Waals surface area contributed by atoms with E-state index in [9.17, 15) is 9.59 Å². The van der Waals surface area contributed by atoms with Gasteiger partial charge in [-0.1, -0.05) is 15.9 Å². The lowest BCUT2D eigenvalue weighted by atomic mass is 10.2. The Hall–Kier alpha value is -0.580. The number of carbonyl (C=O) groups excluding carboxylic acids is 2. The van der Waals surface area contributed by atoms with E-state index < -0.39 is 0 Å². The van der Waals surface area contributed by atoms with Crippen molar-refractivity contribution in [3.63, 3.8) is 0 Å². The second-order valence-electron chi connectivity index (χ2n) is 4.11. The van der Waals surface area contributed by atoms with Crippen LogP contribution in [-0.4, -0.2) is 53.1 Å². The van der Waals surface area contributed by atoms with Crippen LogP contribution in [0, 0.1) is 5.92 Å². The van der Waals surface area contributed by atoms with Gasteiger partial charge >= 0.3 is 0 Å². The van der Waals surface area contributed by atoms with E-state index in [0.717, 1.165) is 12.8 Å². The molecule has 4 nitrogen and oxygen atoms in total. The van der Waals surface area contributed by atoms with E-state index in [0.29, 0.717) is 43.3 Å². The number of hydrogen-bond acceptors (Lipinski definition) is 2. The van der Waals surface area contributed by atoms with Gasteiger partial charge in [-0.05, 0) is 12.8 Å². The lowest BCUT2D eigenvalue weighted by Gasteiger charge is -2.34. The molecule has 2 rings (SSSR count). The summed E-state index contributed by atoms with van der Waals surface area (Å²) < 4.78 is 0. The number of piperazine rings is 1. The van der Waals surface area contributed by atoms with Gasteiger partial charge in [-0.3, -0.25) is 9.59 Å². The average molecular weight is 275 g/mol. The highest BCUT2D eigenvalue weighted by Gasteiger charge is 2.34. The Morgan fingerprint density at radius 3 is 2.07 bits per heavy atom. The fourth-order valence-corrected chi connectivity index (χ4v) is 2.20. The summed E-state index contributed by atoms with van der Waals surface area (Å²) in [6.07, 6.45) is 2.11. The Labute approximate surface area is 97.7 Å². The molecule has 0 aromatic carbocycles. The van der Waals surface area contributed by atoms with Gasteiger partial charge in [0.1, 0.15) is 0 Å². The van der Waals surface area contributed by atoms with Crippen molar-refractivity contribution in [1.82, 2.24) is 9.80 Å². The van der Waals surface area contributed by atoms with E-state index in [1.165, 1.54) is 0 Å². The van der Waals surface area contributed by atoms with Crippen LogP contribution in [0.4, 0.5) is 0 Å². The molecule has 0 aromatic heterocycles. The number of amides is 2. The van der Waals surface area contributed by atoms with Crippen molar-refractivity contribution in [2.75, 3.05) is 31.5 Å². The molecule has 2 fully saturated rings. The van der Waals surface area contributed by atoms with Gasteiger partial charge in [0, 0.05) is 32.1 Å². The highest BCUT2D eigenvalue weighted by atomic mass is 79.9. The zero-order chi connectivity index (χ0) is 10.8. The molecule has 2 amide bonds. The first kappa shape index (κ1) is 10.9. The molecule has 15 heavy (non-hydrogen) atoms. The Kier molecular flexibility index (Phi) is 3.29. The van der Waals surface area contributed by atoms with Gasteiger partial charge < -0.3 is 9.80 Å². The summed E-state index contributed by atoms with van der Waals surface area (Å²) in [7, 11) is 0. The lowest BCUT2D eigenvalue weighted by molar-refractivity contribution is -0.139. The molecule has 1 heterocycles. The molecule has 0 bridgehead atoms. The van der Waals surface area contributed by atoms with E-state index in [1.807, 2.05) is 9.80 Å². The average Bonchev–Trinajstić information content (AvgIpc) is 3.11. The number of halogens is 1. The summed E-state index contributed by atoms with van der Waals surface area (Å²) in [5.41, 5.74) is 0. The van der Waals surface area contributed by atoms with Gasteiger partial charge in [0.25, 0.3) is 0 Å². The standard InChI is InChI=1S/C10H15BrN2O2/c11-7-9(14)12-3-5-13(6-4-12)10(15)8-1-2-8/h8H,1-7H2. The van der Waals surface area contributed by atoms with Crippen molar-refractivity contribution < 1.29 is 9.59 Å². The van der Waals surface area contributed by atoms with Crippen LogP contribution in [0.5, 0.6) is 0 Å². The minimum absolute atomic E-state index is 0.119. The highest BCUT2D eigenvalue weighted by molar-refractivity contribution is 9.09.